The van der Waals surface area contributed by atoms with E-state index in [4.69, 9.17) is 9.47 Å². The van der Waals surface area contributed by atoms with E-state index in [1.54, 1.807) is 66.7 Å². The van der Waals surface area contributed by atoms with Gasteiger partial charge < -0.3 is 19.9 Å². The third kappa shape index (κ3) is 4.48. The van der Waals surface area contributed by atoms with Crippen LogP contribution in [0.3, 0.4) is 0 Å². The van der Waals surface area contributed by atoms with Crippen molar-refractivity contribution in [2.24, 2.45) is 0 Å². The molecule has 0 aliphatic heterocycles. The van der Waals surface area contributed by atoms with Gasteiger partial charge in [0, 0.05) is 17.3 Å². The van der Waals surface area contributed by atoms with Gasteiger partial charge in [0.05, 0.1) is 7.11 Å². The molecule has 0 unspecified atom stereocenters. The summed E-state index contributed by atoms with van der Waals surface area (Å²) in [5.41, 5.74) is 0.994. The Morgan fingerprint density at radius 3 is 2.36 bits per heavy atom. The minimum Gasteiger partial charge on any atom is -0.507 e. The van der Waals surface area contributed by atoms with Crippen molar-refractivity contribution >= 4 is 17.6 Å². The van der Waals surface area contributed by atoms with Gasteiger partial charge in [-0.2, -0.15) is 0 Å². The molecule has 0 heterocycles. The normalized spacial score (nSPS) is 11.3. The van der Waals surface area contributed by atoms with Crippen molar-refractivity contribution in [3.8, 4) is 11.5 Å². The Labute approximate surface area is 162 Å². The van der Waals surface area contributed by atoms with Gasteiger partial charge in [0.1, 0.15) is 17.1 Å². The maximum Gasteiger partial charge on any atom is 0.343 e. The Morgan fingerprint density at radius 1 is 0.929 bits per heavy atom. The minimum absolute atomic E-state index is 0.0161. The number of rotatable bonds is 6. The lowest BCUT2D eigenvalue weighted by molar-refractivity contribution is -0.125. The first-order valence-corrected chi connectivity index (χ1v) is 8.57. The molecule has 1 atom stereocenters. The van der Waals surface area contributed by atoms with E-state index in [1.165, 1.54) is 19.2 Å². The summed E-state index contributed by atoms with van der Waals surface area (Å²) in [6.45, 7) is 0. The highest BCUT2D eigenvalue weighted by molar-refractivity contribution is 5.99. The van der Waals surface area contributed by atoms with E-state index in [2.05, 4.69) is 5.32 Å². The van der Waals surface area contributed by atoms with Crippen molar-refractivity contribution in [1.29, 1.82) is 0 Å². The molecular formula is C22H19NO5. The first-order chi connectivity index (χ1) is 13.6. The van der Waals surface area contributed by atoms with Gasteiger partial charge in [-0.1, -0.05) is 48.5 Å². The van der Waals surface area contributed by atoms with Crippen LogP contribution in [-0.4, -0.2) is 24.1 Å². The molecule has 3 rings (SSSR count). The number of ether oxygens (including phenoxy) is 2. The number of aromatic hydroxyl groups is 1. The van der Waals surface area contributed by atoms with Crippen LogP contribution in [0, 0.1) is 0 Å². The second kappa shape index (κ2) is 8.73. The van der Waals surface area contributed by atoms with E-state index in [0.29, 0.717) is 17.0 Å². The molecule has 3 aromatic rings. The fraction of sp³-hybridized carbons (Fsp3) is 0.0909. The van der Waals surface area contributed by atoms with Crippen molar-refractivity contribution in [1.82, 2.24) is 0 Å². The zero-order valence-corrected chi connectivity index (χ0v) is 15.2. The lowest BCUT2D eigenvalue weighted by atomic mass is 10.1. The number of benzene rings is 3. The highest BCUT2D eigenvalue weighted by atomic mass is 16.5. The number of esters is 1. The van der Waals surface area contributed by atoms with Crippen LogP contribution in [0.2, 0.25) is 0 Å². The van der Waals surface area contributed by atoms with E-state index in [9.17, 15) is 14.7 Å². The number of phenols is 1. The summed E-state index contributed by atoms with van der Waals surface area (Å²) >= 11 is 0. The zero-order valence-electron chi connectivity index (χ0n) is 15.2. The monoisotopic (exact) mass is 377 g/mol. The van der Waals surface area contributed by atoms with Gasteiger partial charge in [-0.15, -0.1) is 0 Å². The van der Waals surface area contributed by atoms with Gasteiger partial charge in [-0.3, -0.25) is 4.79 Å². The molecule has 0 saturated heterocycles. The number of methoxy groups -OCH3 is 1. The first-order valence-electron chi connectivity index (χ1n) is 8.57. The number of hydrogen-bond donors (Lipinski definition) is 2. The van der Waals surface area contributed by atoms with Gasteiger partial charge in [0.25, 0.3) is 5.91 Å². The van der Waals surface area contributed by atoms with Crippen LogP contribution in [0.15, 0.2) is 78.9 Å². The van der Waals surface area contributed by atoms with E-state index in [0.717, 1.165) is 0 Å². The van der Waals surface area contributed by atoms with Gasteiger partial charge in [-0.05, 0) is 24.3 Å². The topological polar surface area (TPSA) is 84.9 Å². The summed E-state index contributed by atoms with van der Waals surface area (Å²) in [6, 6.07) is 21.5. The molecule has 142 valence electrons. The molecule has 0 fully saturated rings. The predicted octanol–water partition coefficient (Wildman–Crippen LogP) is 3.94. The Hall–Kier alpha value is -3.80. The number of carbonyl (C=O) groups excluding carboxylic acids is 2. The third-order valence-corrected chi connectivity index (χ3v) is 4.03. The van der Waals surface area contributed by atoms with Gasteiger partial charge in [0.2, 0.25) is 6.10 Å². The lowest BCUT2D eigenvalue weighted by Gasteiger charge is -2.18. The molecule has 0 saturated carbocycles. The molecule has 2 N–H and O–H groups in total. The van der Waals surface area contributed by atoms with E-state index >= 15 is 0 Å². The van der Waals surface area contributed by atoms with Crippen LogP contribution >= 0.6 is 0 Å². The number of amides is 1. The summed E-state index contributed by atoms with van der Waals surface area (Å²) < 4.78 is 10.6. The molecule has 6 heteroatoms. The van der Waals surface area contributed by atoms with Crippen LogP contribution in [0.1, 0.15) is 22.0 Å². The van der Waals surface area contributed by atoms with Gasteiger partial charge >= 0.3 is 5.97 Å². The average molecular weight is 377 g/mol. The Kier molecular flexibility index (Phi) is 5.91. The van der Waals surface area contributed by atoms with Crippen LogP contribution < -0.4 is 10.1 Å². The molecule has 0 aliphatic rings. The van der Waals surface area contributed by atoms with Crippen LogP contribution in [0.25, 0.3) is 0 Å². The predicted molar refractivity (Wildman–Crippen MR) is 104 cm³/mol. The molecule has 6 nitrogen and oxygen atoms in total. The molecule has 0 spiro atoms. The quantitative estimate of drug-likeness (QED) is 0.636. The Balaban J connectivity index is 1.86. The number of para-hydroxylation sites is 1. The molecule has 0 radical (unpaired) electrons. The molecule has 1 amide bonds. The number of nitrogens with one attached hydrogen (secondary N) is 1. The summed E-state index contributed by atoms with van der Waals surface area (Å²) in [7, 11) is 1.53. The maximum atomic E-state index is 12.9. The SMILES string of the molecule is COc1cccc(NC(=O)[C@H](OC(=O)c2ccccc2O)c2ccccc2)c1. The van der Waals surface area contributed by atoms with E-state index in [-0.39, 0.29) is 11.3 Å². The maximum absolute atomic E-state index is 12.9. The summed E-state index contributed by atoms with van der Waals surface area (Å²) in [6.07, 6.45) is -1.19. The summed E-state index contributed by atoms with van der Waals surface area (Å²) in [5.74, 6) is -0.955. The molecule has 28 heavy (non-hydrogen) atoms. The molecular weight excluding hydrogens is 358 g/mol. The highest BCUT2D eigenvalue weighted by Gasteiger charge is 2.26. The zero-order chi connectivity index (χ0) is 19.9. The fourth-order valence-corrected chi connectivity index (χ4v) is 2.63. The minimum atomic E-state index is -1.19. The van der Waals surface area contributed by atoms with Crippen LogP contribution in [0.5, 0.6) is 11.5 Å². The highest BCUT2D eigenvalue weighted by Crippen LogP contribution is 2.25. The summed E-state index contributed by atoms with van der Waals surface area (Å²) in [4.78, 5) is 25.4. The van der Waals surface area contributed by atoms with Crippen molar-refractivity contribution in [2.75, 3.05) is 12.4 Å². The molecule has 0 aromatic heterocycles. The van der Waals surface area contributed by atoms with Crippen LogP contribution in [0.4, 0.5) is 5.69 Å². The number of anilines is 1. The molecule has 3 aromatic carbocycles. The molecule has 0 bridgehead atoms. The van der Waals surface area contributed by atoms with Crippen molar-refractivity contribution in [3.63, 3.8) is 0 Å². The largest absolute Gasteiger partial charge is 0.507 e. The van der Waals surface area contributed by atoms with Crippen molar-refractivity contribution in [3.05, 3.63) is 90.0 Å². The number of phenolic OH excluding ortho intramolecular Hbond substituents is 1. The molecule has 0 aliphatic carbocycles. The van der Waals surface area contributed by atoms with Crippen LogP contribution in [-0.2, 0) is 9.53 Å². The van der Waals surface area contributed by atoms with Crippen molar-refractivity contribution < 1.29 is 24.2 Å². The Morgan fingerprint density at radius 2 is 1.64 bits per heavy atom. The standard InChI is InChI=1S/C22H19NO5/c1-27-17-11-7-10-16(14-17)23-21(25)20(15-8-3-2-4-9-15)28-22(26)18-12-5-6-13-19(18)24/h2-14,20,24H,1H3,(H,23,25)/t20-/m1/s1. The first kappa shape index (κ1) is 19.0. The number of hydrogen-bond acceptors (Lipinski definition) is 5. The summed E-state index contributed by atoms with van der Waals surface area (Å²) in [5, 5.41) is 12.6. The fourth-order valence-electron chi connectivity index (χ4n) is 2.63. The second-order valence-electron chi connectivity index (χ2n) is 5.93. The smallest absolute Gasteiger partial charge is 0.343 e. The second-order valence-corrected chi connectivity index (χ2v) is 5.93. The van der Waals surface area contributed by atoms with E-state index in [1.807, 2.05) is 0 Å². The lowest BCUT2D eigenvalue weighted by Crippen LogP contribution is -2.26. The van der Waals surface area contributed by atoms with E-state index < -0.39 is 18.0 Å². The van der Waals surface area contributed by atoms with Crippen molar-refractivity contribution in [2.45, 2.75) is 6.10 Å². The average Bonchev–Trinajstić information content (AvgIpc) is 2.73. The van der Waals surface area contributed by atoms with Gasteiger partial charge in [0.15, 0.2) is 0 Å². The van der Waals surface area contributed by atoms with Gasteiger partial charge in [-0.25, -0.2) is 4.79 Å². The Bertz CT molecular complexity index is 971. The number of carbonyl (C=O) groups is 2. The third-order valence-electron chi connectivity index (χ3n) is 4.03.